The molecule has 1 aliphatic heterocycles. The normalized spacial score (nSPS) is 16.2. The Kier molecular flexibility index (Phi) is 7.28. The SMILES string of the molecule is CC(C)(OC1CCN(C(=O)[CH]CCCNC(=N)N)CC1)C(N)=O. The molecule has 8 heteroatoms. The van der Waals surface area contributed by atoms with Gasteiger partial charge in [0.15, 0.2) is 5.96 Å². The van der Waals surface area contributed by atoms with Crippen molar-refractivity contribution in [3.63, 3.8) is 0 Å². The van der Waals surface area contributed by atoms with Crippen LogP contribution in [-0.2, 0) is 14.3 Å². The highest BCUT2D eigenvalue weighted by molar-refractivity contribution is 5.84. The molecule has 0 spiro atoms. The predicted octanol–water partition coefficient (Wildman–Crippen LogP) is -0.275. The molecule has 1 radical (unpaired) electrons. The van der Waals surface area contributed by atoms with E-state index in [2.05, 4.69) is 5.32 Å². The molecular formula is C15H28N5O3. The lowest BCUT2D eigenvalue weighted by molar-refractivity contribution is -0.151. The summed E-state index contributed by atoms with van der Waals surface area (Å²) in [5, 5.41) is 9.72. The van der Waals surface area contributed by atoms with Gasteiger partial charge in [-0.05, 0) is 39.5 Å². The summed E-state index contributed by atoms with van der Waals surface area (Å²) in [5.41, 5.74) is 9.49. The van der Waals surface area contributed by atoms with E-state index < -0.39 is 11.5 Å². The molecule has 0 aliphatic carbocycles. The van der Waals surface area contributed by atoms with Crippen molar-refractivity contribution in [2.45, 2.75) is 51.2 Å². The zero-order chi connectivity index (χ0) is 17.5. The number of likely N-dealkylation sites (tertiary alicyclic amines) is 1. The number of primary amides is 1. The molecule has 0 unspecified atom stereocenters. The second kappa shape index (κ2) is 8.71. The van der Waals surface area contributed by atoms with Crippen LogP contribution in [0.15, 0.2) is 0 Å². The first-order chi connectivity index (χ1) is 10.7. The van der Waals surface area contributed by atoms with Crippen molar-refractivity contribution in [1.29, 1.82) is 5.41 Å². The Morgan fingerprint density at radius 3 is 2.48 bits per heavy atom. The lowest BCUT2D eigenvalue weighted by atomic mass is 10.0. The highest BCUT2D eigenvalue weighted by Crippen LogP contribution is 2.21. The van der Waals surface area contributed by atoms with Crippen molar-refractivity contribution >= 4 is 17.8 Å². The molecule has 2 amide bonds. The smallest absolute Gasteiger partial charge is 0.249 e. The number of nitrogens with zero attached hydrogens (tertiary/aromatic N) is 1. The summed E-state index contributed by atoms with van der Waals surface area (Å²) in [6, 6.07) is 0. The minimum atomic E-state index is -0.979. The molecule has 1 heterocycles. The van der Waals surface area contributed by atoms with Crippen LogP contribution in [0.5, 0.6) is 0 Å². The third kappa shape index (κ3) is 6.85. The number of carbonyl (C=O) groups excluding carboxylic acids is 2. The van der Waals surface area contributed by atoms with E-state index in [9.17, 15) is 9.59 Å². The van der Waals surface area contributed by atoms with E-state index in [0.717, 1.165) is 6.42 Å². The summed E-state index contributed by atoms with van der Waals surface area (Å²) >= 11 is 0. The van der Waals surface area contributed by atoms with Gasteiger partial charge in [-0.3, -0.25) is 15.0 Å². The number of nitrogens with two attached hydrogens (primary N) is 2. The highest BCUT2D eigenvalue weighted by Gasteiger charge is 2.32. The molecule has 1 fully saturated rings. The molecule has 6 N–H and O–H groups in total. The standard InChI is InChI=1S/C15H28N5O3/c1-15(2,13(16)22)23-11-6-9-20(10-7-11)12(21)5-3-4-8-19-14(17)18/h5,11H,3-4,6-10H2,1-2H3,(H2,16,22)(H4,17,18,19). The molecule has 1 aliphatic rings. The fourth-order valence-corrected chi connectivity index (χ4v) is 2.35. The van der Waals surface area contributed by atoms with Gasteiger partial charge in [0.05, 0.1) is 6.10 Å². The monoisotopic (exact) mass is 326 g/mol. The van der Waals surface area contributed by atoms with E-state index in [0.29, 0.717) is 38.9 Å². The van der Waals surface area contributed by atoms with Gasteiger partial charge in [0, 0.05) is 26.1 Å². The Hall–Kier alpha value is -1.83. The molecular weight excluding hydrogens is 298 g/mol. The lowest BCUT2D eigenvalue weighted by Gasteiger charge is -2.35. The number of ether oxygens (including phenoxy) is 1. The molecule has 8 nitrogen and oxygen atoms in total. The van der Waals surface area contributed by atoms with E-state index >= 15 is 0 Å². The van der Waals surface area contributed by atoms with Crippen LogP contribution in [0.4, 0.5) is 0 Å². The van der Waals surface area contributed by atoms with E-state index in [-0.39, 0.29) is 18.0 Å². The fourth-order valence-electron chi connectivity index (χ4n) is 2.35. The second-order valence-corrected chi connectivity index (χ2v) is 6.20. The Labute approximate surface area is 137 Å². The molecule has 23 heavy (non-hydrogen) atoms. The van der Waals surface area contributed by atoms with Gasteiger partial charge in [-0.15, -0.1) is 0 Å². The summed E-state index contributed by atoms with van der Waals surface area (Å²) in [6.45, 7) is 5.13. The van der Waals surface area contributed by atoms with E-state index in [1.54, 1.807) is 25.2 Å². The van der Waals surface area contributed by atoms with Crippen LogP contribution in [0, 0.1) is 11.8 Å². The number of nitrogens with one attached hydrogen (secondary N) is 2. The molecule has 0 aromatic carbocycles. The van der Waals surface area contributed by atoms with Gasteiger partial charge in [-0.1, -0.05) is 0 Å². The third-order valence-electron chi connectivity index (χ3n) is 3.82. The van der Waals surface area contributed by atoms with E-state index in [4.69, 9.17) is 21.6 Å². The van der Waals surface area contributed by atoms with Gasteiger partial charge < -0.3 is 26.4 Å². The quantitative estimate of drug-likeness (QED) is 0.276. The lowest BCUT2D eigenvalue weighted by Crippen LogP contribution is -2.47. The first kappa shape index (κ1) is 19.2. The maximum Gasteiger partial charge on any atom is 0.249 e. The fraction of sp³-hybridized carbons (Fsp3) is 0.733. The second-order valence-electron chi connectivity index (χ2n) is 6.20. The molecule has 0 saturated carbocycles. The summed E-state index contributed by atoms with van der Waals surface area (Å²) in [4.78, 5) is 25.1. The number of hydrogen-bond acceptors (Lipinski definition) is 4. The van der Waals surface area contributed by atoms with E-state index in [1.807, 2.05) is 0 Å². The third-order valence-corrected chi connectivity index (χ3v) is 3.82. The minimum absolute atomic E-state index is 0.0143. The first-order valence-corrected chi connectivity index (χ1v) is 7.90. The average molecular weight is 326 g/mol. The van der Waals surface area contributed by atoms with Crippen LogP contribution in [0.1, 0.15) is 39.5 Å². The van der Waals surface area contributed by atoms with Crippen LogP contribution < -0.4 is 16.8 Å². The first-order valence-electron chi connectivity index (χ1n) is 7.90. The number of carbonyl (C=O) groups is 2. The Bertz CT molecular complexity index is 431. The van der Waals surface area contributed by atoms with Gasteiger partial charge in [-0.2, -0.15) is 0 Å². The van der Waals surface area contributed by atoms with Crippen molar-refractivity contribution in [2.75, 3.05) is 19.6 Å². The van der Waals surface area contributed by atoms with Crippen LogP contribution in [0.3, 0.4) is 0 Å². The highest BCUT2D eigenvalue weighted by atomic mass is 16.5. The van der Waals surface area contributed by atoms with Gasteiger partial charge >= 0.3 is 0 Å². The van der Waals surface area contributed by atoms with E-state index in [1.165, 1.54) is 0 Å². The number of guanidine groups is 1. The maximum absolute atomic E-state index is 12.1. The minimum Gasteiger partial charge on any atom is -0.370 e. The molecule has 0 atom stereocenters. The van der Waals surface area contributed by atoms with Gasteiger partial charge in [0.2, 0.25) is 11.8 Å². The number of piperidine rings is 1. The summed E-state index contributed by atoms with van der Waals surface area (Å²) in [7, 11) is 0. The average Bonchev–Trinajstić information content (AvgIpc) is 2.46. The van der Waals surface area contributed by atoms with Crippen LogP contribution in [0.2, 0.25) is 0 Å². The zero-order valence-electron chi connectivity index (χ0n) is 13.9. The topological polar surface area (TPSA) is 135 Å². The van der Waals surface area contributed by atoms with Crippen LogP contribution in [-0.4, -0.2) is 54.0 Å². The summed E-state index contributed by atoms with van der Waals surface area (Å²) < 4.78 is 5.74. The number of unbranched alkanes of at least 4 members (excludes halogenated alkanes) is 1. The van der Waals surface area contributed by atoms with Crippen molar-refractivity contribution < 1.29 is 14.3 Å². The van der Waals surface area contributed by atoms with Crippen LogP contribution >= 0.6 is 0 Å². The largest absolute Gasteiger partial charge is 0.370 e. The number of hydrogen-bond donors (Lipinski definition) is 4. The molecule has 1 saturated heterocycles. The summed E-state index contributed by atoms with van der Waals surface area (Å²) in [5.74, 6) is -0.527. The number of amides is 2. The Morgan fingerprint density at radius 2 is 1.96 bits per heavy atom. The molecule has 131 valence electrons. The Balaban J connectivity index is 2.23. The van der Waals surface area contributed by atoms with Crippen molar-refractivity contribution in [2.24, 2.45) is 11.5 Å². The molecule has 1 rings (SSSR count). The predicted molar refractivity (Wildman–Crippen MR) is 87.4 cm³/mol. The van der Waals surface area contributed by atoms with Crippen LogP contribution in [0.25, 0.3) is 0 Å². The number of rotatable bonds is 8. The Morgan fingerprint density at radius 1 is 1.35 bits per heavy atom. The van der Waals surface area contributed by atoms with Gasteiger partial charge in [0.25, 0.3) is 0 Å². The van der Waals surface area contributed by atoms with Gasteiger partial charge in [-0.25, -0.2) is 0 Å². The van der Waals surface area contributed by atoms with Gasteiger partial charge in [0.1, 0.15) is 5.60 Å². The summed E-state index contributed by atoms with van der Waals surface area (Å²) in [6.07, 6.45) is 4.39. The molecule has 0 bridgehead atoms. The van der Waals surface area contributed by atoms with Crippen molar-refractivity contribution in [3.05, 3.63) is 6.42 Å². The molecule has 0 aromatic heterocycles. The molecule has 0 aromatic rings. The van der Waals surface area contributed by atoms with Crippen molar-refractivity contribution in [1.82, 2.24) is 10.2 Å². The maximum atomic E-state index is 12.1. The van der Waals surface area contributed by atoms with Crippen molar-refractivity contribution in [3.8, 4) is 0 Å². The zero-order valence-corrected chi connectivity index (χ0v) is 13.9.